The summed E-state index contributed by atoms with van der Waals surface area (Å²) in [6.07, 6.45) is 3.22. The zero-order chi connectivity index (χ0) is 33.3. The summed E-state index contributed by atoms with van der Waals surface area (Å²) in [7, 11) is -3.81. The van der Waals surface area contributed by atoms with Crippen LogP contribution in [0.5, 0.6) is 5.75 Å². The lowest BCUT2D eigenvalue weighted by atomic mass is 10.0. The average molecular weight is 697 g/mol. The number of rotatable bonds is 9. The van der Waals surface area contributed by atoms with Gasteiger partial charge in [0.1, 0.15) is 5.75 Å². The third-order valence-corrected chi connectivity index (χ3v) is 9.83. The van der Waals surface area contributed by atoms with Gasteiger partial charge in [-0.2, -0.15) is 13.5 Å². The Bertz CT molecular complexity index is 1970. The highest BCUT2D eigenvalue weighted by molar-refractivity contribution is 7.87. The predicted molar refractivity (Wildman–Crippen MR) is 177 cm³/mol. The molecule has 0 radical (unpaired) electrons. The molecule has 4 aromatic rings. The van der Waals surface area contributed by atoms with Crippen LogP contribution in [0.2, 0.25) is 10.0 Å². The third kappa shape index (κ3) is 6.77. The molecule has 14 heteroatoms. The molecule has 0 saturated carbocycles. The fraction of sp³-hybridized carbons (Fsp3) is 0.273. The highest BCUT2D eigenvalue weighted by Crippen LogP contribution is 2.36. The number of halogens is 2. The van der Waals surface area contributed by atoms with Crippen molar-refractivity contribution in [3.8, 4) is 22.7 Å². The minimum absolute atomic E-state index is 0.00934. The van der Waals surface area contributed by atoms with E-state index in [1.54, 1.807) is 60.5 Å². The summed E-state index contributed by atoms with van der Waals surface area (Å²) >= 11 is 12.8. The van der Waals surface area contributed by atoms with Gasteiger partial charge in [-0.3, -0.25) is 24.7 Å². The molecule has 244 valence electrons. The van der Waals surface area contributed by atoms with Gasteiger partial charge in [0.15, 0.2) is 5.69 Å². The summed E-state index contributed by atoms with van der Waals surface area (Å²) in [5, 5.41) is 6.99. The van der Waals surface area contributed by atoms with E-state index in [9.17, 15) is 22.8 Å². The monoisotopic (exact) mass is 695 g/mol. The minimum Gasteiger partial charge on any atom is -0.382 e. The Kier molecular flexibility index (Phi) is 9.38. The molecule has 2 aliphatic heterocycles. The van der Waals surface area contributed by atoms with Crippen LogP contribution >= 0.6 is 23.2 Å². The quantitative estimate of drug-likeness (QED) is 0.169. The molecule has 1 saturated heterocycles. The maximum absolute atomic E-state index is 14.5. The zero-order valence-corrected chi connectivity index (χ0v) is 27.7. The van der Waals surface area contributed by atoms with Gasteiger partial charge in [-0.15, -0.1) is 0 Å². The van der Waals surface area contributed by atoms with Gasteiger partial charge in [0.2, 0.25) is 0 Å². The summed E-state index contributed by atoms with van der Waals surface area (Å²) in [6, 6.07) is 17.6. The SMILES string of the molecule is CCCS(=O)(=O)Oc1ccc(-c2c(C(=O)N3Cc4ccccc4C3=O)c(C(=O)NN3CCCCC3)nn2-c2ccc(Cl)cc2Cl)cc1. The number of amides is 3. The molecule has 11 nitrogen and oxygen atoms in total. The Hall–Kier alpha value is -4.23. The number of carbonyl (C=O) groups excluding carboxylic acids is 3. The highest BCUT2D eigenvalue weighted by atomic mass is 35.5. The highest BCUT2D eigenvalue weighted by Gasteiger charge is 2.39. The van der Waals surface area contributed by atoms with Crippen molar-refractivity contribution in [2.45, 2.75) is 39.2 Å². The minimum atomic E-state index is -3.81. The van der Waals surface area contributed by atoms with Crippen molar-refractivity contribution in [1.82, 2.24) is 25.1 Å². The third-order valence-electron chi connectivity index (χ3n) is 7.94. The van der Waals surface area contributed by atoms with E-state index in [0.717, 1.165) is 24.2 Å². The van der Waals surface area contributed by atoms with Crippen molar-refractivity contribution in [1.29, 1.82) is 0 Å². The van der Waals surface area contributed by atoms with E-state index in [2.05, 4.69) is 10.5 Å². The van der Waals surface area contributed by atoms with Crippen molar-refractivity contribution >= 4 is 51.0 Å². The summed E-state index contributed by atoms with van der Waals surface area (Å²) in [5.41, 5.74) is 4.48. The van der Waals surface area contributed by atoms with Crippen molar-refractivity contribution in [2.24, 2.45) is 0 Å². The number of piperidine rings is 1. The number of nitrogens with one attached hydrogen (secondary N) is 1. The molecule has 0 atom stereocenters. The maximum Gasteiger partial charge on any atom is 0.309 e. The molecule has 1 aromatic heterocycles. The first-order valence-electron chi connectivity index (χ1n) is 15.2. The normalized spacial score (nSPS) is 15.0. The summed E-state index contributed by atoms with van der Waals surface area (Å²) in [4.78, 5) is 43.1. The largest absolute Gasteiger partial charge is 0.382 e. The Morgan fingerprint density at radius 2 is 1.70 bits per heavy atom. The fourth-order valence-electron chi connectivity index (χ4n) is 5.74. The maximum atomic E-state index is 14.5. The van der Waals surface area contributed by atoms with Crippen LogP contribution in [0, 0.1) is 0 Å². The first-order chi connectivity index (χ1) is 22.6. The van der Waals surface area contributed by atoms with E-state index in [0.29, 0.717) is 46.9 Å². The molecule has 1 N–H and O–H groups in total. The molecule has 0 spiro atoms. The van der Waals surface area contributed by atoms with Crippen LogP contribution in [0.25, 0.3) is 16.9 Å². The standard InChI is InChI=1S/C33H31Cl2N5O6S/c1-2-18-47(44,45)46-24-13-10-21(11-14-24)30-28(33(43)39-20-22-8-4-5-9-25(22)32(39)42)29(31(41)37-38-16-6-3-7-17-38)36-40(30)27-15-12-23(34)19-26(27)35/h4-5,8-15,19H,2-3,6-7,16-18,20H2,1H3,(H,37,41). The first kappa shape index (κ1) is 32.7. The second-order valence-electron chi connectivity index (χ2n) is 11.3. The lowest BCUT2D eigenvalue weighted by molar-refractivity contribution is 0.0622. The van der Waals surface area contributed by atoms with Crippen LogP contribution in [0.1, 0.15) is 69.4 Å². The van der Waals surface area contributed by atoms with Crippen LogP contribution in [-0.4, -0.2) is 64.7 Å². The lowest BCUT2D eigenvalue weighted by Crippen LogP contribution is -2.45. The molecule has 3 aromatic carbocycles. The molecule has 3 amide bonds. The molecule has 6 rings (SSSR count). The van der Waals surface area contributed by atoms with Gasteiger partial charge < -0.3 is 4.18 Å². The Morgan fingerprint density at radius 3 is 2.38 bits per heavy atom. The van der Waals surface area contributed by atoms with Gasteiger partial charge in [0.05, 0.1) is 34.3 Å². The van der Waals surface area contributed by atoms with E-state index in [4.69, 9.17) is 27.4 Å². The van der Waals surface area contributed by atoms with Crippen molar-refractivity contribution < 1.29 is 27.0 Å². The zero-order valence-electron chi connectivity index (χ0n) is 25.4. The number of carbonyl (C=O) groups is 3. The van der Waals surface area contributed by atoms with Gasteiger partial charge in [0, 0.05) is 29.2 Å². The van der Waals surface area contributed by atoms with Gasteiger partial charge in [0.25, 0.3) is 17.7 Å². The predicted octanol–water partition coefficient (Wildman–Crippen LogP) is 5.89. The number of hydrogen-bond donors (Lipinski definition) is 1. The second kappa shape index (κ2) is 13.5. The summed E-state index contributed by atoms with van der Waals surface area (Å²) in [6.45, 7) is 3.01. The molecule has 0 aliphatic carbocycles. The Morgan fingerprint density at radius 1 is 0.979 bits per heavy atom. The summed E-state index contributed by atoms with van der Waals surface area (Å²) < 4.78 is 31.3. The van der Waals surface area contributed by atoms with E-state index in [1.165, 1.54) is 22.9 Å². The van der Waals surface area contributed by atoms with Crippen LogP contribution in [0.15, 0.2) is 66.7 Å². The number of benzene rings is 3. The molecular weight excluding hydrogens is 665 g/mol. The van der Waals surface area contributed by atoms with E-state index < -0.39 is 27.8 Å². The fourth-order valence-corrected chi connectivity index (χ4v) is 7.21. The molecule has 0 bridgehead atoms. The van der Waals surface area contributed by atoms with Gasteiger partial charge in [-0.25, -0.2) is 9.69 Å². The van der Waals surface area contributed by atoms with E-state index in [1.807, 2.05) is 0 Å². The van der Waals surface area contributed by atoms with Crippen molar-refractivity contribution in [3.05, 3.63) is 99.2 Å². The van der Waals surface area contributed by atoms with Crippen LogP contribution in [0.3, 0.4) is 0 Å². The van der Waals surface area contributed by atoms with Gasteiger partial charge in [-0.05, 0) is 73.4 Å². The average Bonchev–Trinajstić information content (AvgIpc) is 3.60. The molecule has 0 unspecified atom stereocenters. The lowest BCUT2D eigenvalue weighted by Gasteiger charge is -2.26. The number of aromatic nitrogens is 2. The molecule has 47 heavy (non-hydrogen) atoms. The number of fused-ring (bicyclic) bond motifs is 1. The van der Waals surface area contributed by atoms with Crippen molar-refractivity contribution in [3.63, 3.8) is 0 Å². The second-order valence-corrected chi connectivity index (χ2v) is 13.8. The molecule has 3 heterocycles. The van der Waals surface area contributed by atoms with Crippen LogP contribution in [0.4, 0.5) is 0 Å². The summed E-state index contributed by atoms with van der Waals surface area (Å²) in [5.74, 6) is -1.95. The number of hydrogen-bond acceptors (Lipinski definition) is 8. The van der Waals surface area contributed by atoms with E-state index >= 15 is 0 Å². The number of imide groups is 1. The van der Waals surface area contributed by atoms with Crippen molar-refractivity contribution in [2.75, 3.05) is 18.8 Å². The van der Waals surface area contributed by atoms with Gasteiger partial charge in [-0.1, -0.05) is 54.7 Å². The van der Waals surface area contributed by atoms with Gasteiger partial charge >= 0.3 is 10.1 Å². The topological polar surface area (TPSA) is 131 Å². The van der Waals surface area contributed by atoms with Crippen LogP contribution in [-0.2, 0) is 16.7 Å². The van der Waals surface area contributed by atoms with Crippen LogP contribution < -0.4 is 9.61 Å². The number of hydrazine groups is 1. The Labute approximate surface area is 282 Å². The molecule has 2 aliphatic rings. The smallest absolute Gasteiger partial charge is 0.309 e. The number of nitrogens with zero attached hydrogens (tertiary/aromatic N) is 4. The molecule has 1 fully saturated rings. The van der Waals surface area contributed by atoms with E-state index in [-0.39, 0.29) is 40.0 Å². The first-order valence-corrected chi connectivity index (χ1v) is 17.5. The molecular formula is C33H31Cl2N5O6S. The Balaban J connectivity index is 1.52.